The van der Waals surface area contributed by atoms with Gasteiger partial charge in [-0.1, -0.05) is 6.07 Å². The van der Waals surface area contributed by atoms with Crippen LogP contribution in [0.15, 0.2) is 42.0 Å². The van der Waals surface area contributed by atoms with Crippen molar-refractivity contribution in [3.63, 3.8) is 0 Å². The highest BCUT2D eigenvalue weighted by molar-refractivity contribution is 7.88. The summed E-state index contributed by atoms with van der Waals surface area (Å²) in [7, 11) is -3.54. The van der Waals surface area contributed by atoms with Crippen LogP contribution in [0, 0.1) is 0 Å². The van der Waals surface area contributed by atoms with Crippen molar-refractivity contribution in [3.8, 4) is 0 Å². The Morgan fingerprint density at radius 1 is 1.35 bits per heavy atom. The van der Waals surface area contributed by atoms with Crippen molar-refractivity contribution < 1.29 is 35.0 Å². The molecule has 1 unspecified atom stereocenters. The normalized spacial score (nSPS) is 12.0. The molecule has 0 fully saturated rings. The Morgan fingerprint density at radius 2 is 2.09 bits per heavy atom. The molecule has 0 aliphatic heterocycles. The smallest absolute Gasteiger partial charge is 0.272 e. The summed E-state index contributed by atoms with van der Waals surface area (Å²) in [6, 6.07) is 6.26. The Balaban J connectivity index is 0.00000264. The minimum absolute atomic E-state index is 0. The number of rotatable bonds is 6. The molecular formula is C13H14ClN3O4S2. The summed E-state index contributed by atoms with van der Waals surface area (Å²) in [5.41, 5.74) is 2.31. The van der Waals surface area contributed by atoms with E-state index in [2.05, 4.69) is 5.43 Å². The molecule has 0 bridgehead atoms. The molecule has 0 aromatic carbocycles. The first-order valence-corrected chi connectivity index (χ1v) is 8.94. The first-order valence-electron chi connectivity index (χ1n) is 6.17. The molecule has 0 spiro atoms. The van der Waals surface area contributed by atoms with E-state index < -0.39 is 22.0 Å². The fourth-order valence-corrected chi connectivity index (χ4v) is 2.82. The van der Waals surface area contributed by atoms with Crippen LogP contribution in [0.1, 0.15) is 21.3 Å². The monoisotopic (exact) mass is 375 g/mol. The van der Waals surface area contributed by atoms with Gasteiger partial charge in [0.15, 0.2) is 18.7 Å². The number of hydrazine groups is 1. The third kappa shape index (κ3) is 5.39. The van der Waals surface area contributed by atoms with Gasteiger partial charge in [-0.05, 0) is 17.5 Å². The Labute approximate surface area is 143 Å². The average Bonchev–Trinajstić information content (AvgIpc) is 2.99. The molecule has 0 saturated carbocycles. The van der Waals surface area contributed by atoms with E-state index in [-0.39, 0.29) is 18.0 Å². The van der Waals surface area contributed by atoms with Crippen molar-refractivity contribution in [3.05, 3.63) is 52.5 Å². The molecule has 7 nitrogen and oxygen atoms in total. The fourth-order valence-electron chi connectivity index (χ4n) is 1.76. The van der Waals surface area contributed by atoms with Crippen LogP contribution in [0.25, 0.3) is 0 Å². The summed E-state index contributed by atoms with van der Waals surface area (Å²) in [5.74, 6) is -0.615. The van der Waals surface area contributed by atoms with Gasteiger partial charge in [-0.15, -0.1) is 16.2 Å². The number of nitrogens with one attached hydrogen (secondary N) is 2. The van der Waals surface area contributed by atoms with Gasteiger partial charge in [-0.25, -0.2) is 8.42 Å². The number of sulfonamides is 1. The van der Waals surface area contributed by atoms with Gasteiger partial charge < -0.3 is 12.4 Å². The molecule has 10 heteroatoms. The maximum absolute atomic E-state index is 11.9. The van der Waals surface area contributed by atoms with E-state index in [1.807, 2.05) is 22.3 Å². The molecule has 0 radical (unpaired) electrons. The number of thiophene rings is 1. The zero-order valence-corrected chi connectivity index (χ0v) is 14.4. The fraction of sp³-hybridized carbons (Fsp3) is 0.154. The predicted octanol–water partition coefficient (Wildman–Crippen LogP) is -2.98. The second kappa shape index (κ2) is 8.16. The van der Waals surface area contributed by atoms with Crippen LogP contribution in [0.3, 0.4) is 0 Å². The molecule has 0 aliphatic carbocycles. The van der Waals surface area contributed by atoms with Crippen LogP contribution in [0.5, 0.6) is 0 Å². The quantitative estimate of drug-likeness (QED) is 0.320. The molecule has 2 N–H and O–H groups in total. The Bertz CT molecular complexity index is 778. The number of nitrogens with zero attached hydrogens (tertiary/aromatic N) is 1. The number of hydrogen-bond donors (Lipinski definition) is 2. The van der Waals surface area contributed by atoms with Gasteiger partial charge in [0.2, 0.25) is 16.1 Å². The second-order valence-corrected chi connectivity index (χ2v) is 7.19. The number of hydrogen-bond acceptors (Lipinski definition) is 5. The highest BCUT2D eigenvalue weighted by Crippen LogP contribution is 2.16. The maximum atomic E-state index is 11.9. The summed E-state index contributed by atoms with van der Waals surface area (Å²) in [6.07, 6.45) is 4.86. The van der Waals surface area contributed by atoms with E-state index in [0.717, 1.165) is 17.4 Å². The van der Waals surface area contributed by atoms with Gasteiger partial charge in [0, 0.05) is 6.07 Å². The number of aromatic nitrogens is 1. The molecule has 124 valence electrons. The van der Waals surface area contributed by atoms with Crippen LogP contribution < -0.4 is 27.2 Å². The minimum atomic E-state index is -3.54. The van der Waals surface area contributed by atoms with Crippen LogP contribution in [0.2, 0.25) is 0 Å². The van der Waals surface area contributed by atoms with Crippen molar-refractivity contribution in [1.29, 1.82) is 0 Å². The molecule has 2 aromatic heterocycles. The summed E-state index contributed by atoms with van der Waals surface area (Å²) in [6.45, 7) is 0. The Morgan fingerprint density at radius 3 is 2.65 bits per heavy atom. The number of amides is 1. The zero-order valence-electron chi connectivity index (χ0n) is 12.0. The third-order valence-corrected chi connectivity index (χ3v) is 4.13. The van der Waals surface area contributed by atoms with E-state index in [1.165, 1.54) is 23.6 Å². The standard InChI is InChI=1S/C13H13N3O4S2.ClH/c1-22(19,20)15-14-13(18)10-4-2-6-16(8-10)11(9-17)12-5-3-7-21-12;/h2-9,11,15H,1H3;1H. The lowest BCUT2D eigenvalue weighted by Gasteiger charge is -2.06. The minimum Gasteiger partial charge on any atom is -1.00 e. The van der Waals surface area contributed by atoms with Crippen LogP contribution in [0.4, 0.5) is 0 Å². The van der Waals surface area contributed by atoms with Gasteiger partial charge in [0.05, 0.1) is 11.1 Å². The topological polar surface area (TPSA) is 96.2 Å². The molecule has 2 aromatic rings. The lowest BCUT2D eigenvalue weighted by molar-refractivity contribution is -0.698. The third-order valence-electron chi connectivity index (χ3n) is 2.72. The molecule has 2 rings (SSSR count). The number of pyridine rings is 1. The summed E-state index contributed by atoms with van der Waals surface area (Å²) < 4.78 is 23.5. The number of aldehydes is 1. The first-order chi connectivity index (χ1) is 10.4. The van der Waals surface area contributed by atoms with Crippen molar-refractivity contribution in [1.82, 2.24) is 10.3 Å². The molecular weight excluding hydrogens is 362 g/mol. The lowest BCUT2D eigenvalue weighted by atomic mass is 10.2. The van der Waals surface area contributed by atoms with E-state index in [9.17, 15) is 18.0 Å². The first kappa shape index (κ1) is 19.2. The summed E-state index contributed by atoms with van der Waals surface area (Å²) in [5, 5.41) is 1.86. The van der Waals surface area contributed by atoms with Crippen LogP contribution >= 0.6 is 11.3 Å². The number of carbonyl (C=O) groups excluding carboxylic acids is 2. The Kier molecular flexibility index (Phi) is 6.82. The highest BCUT2D eigenvalue weighted by Gasteiger charge is 2.22. The van der Waals surface area contributed by atoms with Crippen molar-refractivity contribution >= 4 is 33.6 Å². The molecule has 2 heterocycles. The van der Waals surface area contributed by atoms with E-state index >= 15 is 0 Å². The number of carbonyl (C=O) groups is 2. The van der Waals surface area contributed by atoms with Crippen molar-refractivity contribution in [2.45, 2.75) is 6.04 Å². The summed E-state index contributed by atoms with van der Waals surface area (Å²) in [4.78, 5) is 26.0. The second-order valence-electron chi connectivity index (χ2n) is 4.46. The van der Waals surface area contributed by atoms with E-state index in [0.29, 0.717) is 0 Å². The van der Waals surface area contributed by atoms with Crippen LogP contribution in [-0.2, 0) is 14.8 Å². The van der Waals surface area contributed by atoms with Crippen molar-refractivity contribution in [2.75, 3.05) is 6.26 Å². The highest BCUT2D eigenvalue weighted by atomic mass is 35.5. The number of halogens is 1. The summed E-state index contributed by atoms with van der Waals surface area (Å²) >= 11 is 1.43. The zero-order chi connectivity index (χ0) is 16.2. The predicted molar refractivity (Wildman–Crippen MR) is 80.6 cm³/mol. The molecule has 23 heavy (non-hydrogen) atoms. The van der Waals surface area contributed by atoms with Crippen molar-refractivity contribution in [2.24, 2.45) is 0 Å². The molecule has 0 saturated heterocycles. The van der Waals surface area contributed by atoms with Gasteiger partial charge in [-0.3, -0.25) is 15.0 Å². The van der Waals surface area contributed by atoms with E-state index in [4.69, 9.17) is 0 Å². The van der Waals surface area contributed by atoms with Crippen LogP contribution in [-0.4, -0.2) is 26.9 Å². The SMILES string of the molecule is CS(=O)(=O)NNC(=O)c1ccc[n+](C(C=O)c2cccs2)c1.[Cl-]. The largest absolute Gasteiger partial charge is 1.00 e. The van der Waals surface area contributed by atoms with Gasteiger partial charge >= 0.3 is 0 Å². The lowest BCUT2D eigenvalue weighted by Crippen LogP contribution is -3.00. The molecule has 1 amide bonds. The van der Waals surface area contributed by atoms with Gasteiger partial charge in [0.1, 0.15) is 5.56 Å². The molecule has 1 atom stereocenters. The average molecular weight is 376 g/mol. The van der Waals surface area contributed by atoms with Gasteiger partial charge in [-0.2, -0.15) is 4.57 Å². The van der Waals surface area contributed by atoms with Gasteiger partial charge in [0.25, 0.3) is 5.91 Å². The maximum Gasteiger partial charge on any atom is 0.272 e. The van der Waals surface area contributed by atoms with E-state index in [1.54, 1.807) is 16.8 Å². The Hall–Kier alpha value is -1.81. The molecule has 0 aliphatic rings.